The van der Waals surface area contributed by atoms with Gasteiger partial charge in [-0.25, -0.2) is 9.59 Å². The average Bonchev–Trinajstić information content (AvgIpc) is 3.53. The second-order valence-electron chi connectivity index (χ2n) is 7.39. The van der Waals surface area contributed by atoms with Crippen molar-refractivity contribution in [1.29, 1.82) is 0 Å². The Kier molecular flexibility index (Phi) is 8.13. The molecule has 4 rings (SSSR count). The zero-order valence-corrected chi connectivity index (χ0v) is 17.8. The Bertz CT molecular complexity index is 970. The number of hydrogen-bond donors (Lipinski definition) is 4. The van der Waals surface area contributed by atoms with Crippen molar-refractivity contribution in [2.24, 2.45) is 5.92 Å². The average molecular weight is 461 g/mol. The van der Waals surface area contributed by atoms with Gasteiger partial charge in [0.05, 0.1) is 11.7 Å². The highest BCUT2D eigenvalue weighted by Crippen LogP contribution is 2.41. The van der Waals surface area contributed by atoms with Crippen LogP contribution in [0.1, 0.15) is 23.6 Å². The molecule has 4 N–H and O–H groups in total. The number of benzene rings is 1. The van der Waals surface area contributed by atoms with Gasteiger partial charge in [0.2, 0.25) is 5.88 Å². The number of piperidine rings is 1. The number of carboxylic acid groups (broad SMARTS) is 2. The van der Waals surface area contributed by atoms with Crippen molar-refractivity contribution >= 4 is 23.7 Å². The number of ether oxygens (including phenoxy) is 1. The Morgan fingerprint density at radius 3 is 2.38 bits per heavy atom. The molecule has 5 unspecified atom stereocenters. The standard InChI is InChI=1S/C17H17N3OS.C4H6O6/c1-2-5-13(6-3-1)7-4-10-21-17-16(18-22-19-17)15-12-20-9-8-14(15)11-20;5-1(3(7)8)2(6)4(9)10/h1-3,5-6,14-15H,8-12H2;1-2,5-6H,(H,7,8)(H,9,10). The van der Waals surface area contributed by atoms with Crippen molar-refractivity contribution < 1.29 is 34.8 Å². The Morgan fingerprint density at radius 2 is 1.81 bits per heavy atom. The zero-order chi connectivity index (χ0) is 23.1. The highest BCUT2D eigenvalue weighted by molar-refractivity contribution is 6.99. The Hall–Kier alpha value is -3.04. The summed E-state index contributed by atoms with van der Waals surface area (Å²) in [6.07, 6.45) is -3.26. The molecular formula is C21H23N3O7S. The first-order valence-electron chi connectivity index (χ1n) is 9.90. The molecule has 2 saturated heterocycles. The monoisotopic (exact) mass is 461 g/mol. The molecule has 10 nitrogen and oxygen atoms in total. The van der Waals surface area contributed by atoms with E-state index in [1.54, 1.807) is 0 Å². The van der Waals surface area contributed by atoms with Gasteiger partial charge in [0, 0.05) is 24.6 Å². The number of aromatic nitrogens is 2. The van der Waals surface area contributed by atoms with Gasteiger partial charge >= 0.3 is 11.9 Å². The number of hydrogen-bond acceptors (Lipinski definition) is 9. The van der Waals surface area contributed by atoms with Crippen molar-refractivity contribution in [3.05, 3.63) is 41.6 Å². The molecule has 2 bridgehead atoms. The fourth-order valence-corrected chi connectivity index (χ4v) is 4.20. The van der Waals surface area contributed by atoms with Crippen LogP contribution in [0.15, 0.2) is 30.3 Å². The van der Waals surface area contributed by atoms with E-state index in [2.05, 4.69) is 25.5 Å². The smallest absolute Gasteiger partial charge is 0.335 e. The van der Waals surface area contributed by atoms with Crippen LogP contribution < -0.4 is 4.74 Å². The third kappa shape index (κ3) is 6.02. The predicted molar refractivity (Wildman–Crippen MR) is 113 cm³/mol. The van der Waals surface area contributed by atoms with E-state index in [4.69, 9.17) is 25.2 Å². The summed E-state index contributed by atoms with van der Waals surface area (Å²) >= 11 is 1.24. The zero-order valence-electron chi connectivity index (χ0n) is 17.0. The van der Waals surface area contributed by atoms with Crippen LogP contribution in [-0.2, 0) is 9.59 Å². The summed E-state index contributed by atoms with van der Waals surface area (Å²) in [5.74, 6) is 4.50. The maximum Gasteiger partial charge on any atom is 0.335 e. The molecule has 2 aliphatic heterocycles. The van der Waals surface area contributed by atoms with Gasteiger partial charge in [0.25, 0.3) is 0 Å². The van der Waals surface area contributed by atoms with Crippen LogP contribution in [-0.4, -0.2) is 84.5 Å². The minimum Gasteiger partial charge on any atom is -0.479 e. The first-order chi connectivity index (χ1) is 15.4. The topological polar surface area (TPSA) is 153 Å². The normalized spacial score (nSPS) is 22.6. The molecule has 0 radical (unpaired) electrons. The van der Waals surface area contributed by atoms with Crippen molar-refractivity contribution in [3.63, 3.8) is 0 Å². The molecule has 32 heavy (non-hydrogen) atoms. The summed E-state index contributed by atoms with van der Waals surface area (Å²) in [5, 5.41) is 32.5. The van der Waals surface area contributed by atoms with E-state index < -0.39 is 24.1 Å². The molecule has 3 heterocycles. The van der Waals surface area contributed by atoms with Crippen LogP contribution in [0, 0.1) is 17.8 Å². The molecule has 2 fully saturated rings. The second-order valence-corrected chi connectivity index (χ2v) is 7.92. The van der Waals surface area contributed by atoms with Crippen LogP contribution in [0.5, 0.6) is 5.88 Å². The van der Waals surface area contributed by atoms with Crippen LogP contribution in [0.4, 0.5) is 0 Å². The predicted octanol–water partition coefficient (Wildman–Crippen LogP) is 0.265. The van der Waals surface area contributed by atoms with E-state index in [1.807, 2.05) is 30.3 Å². The summed E-state index contributed by atoms with van der Waals surface area (Å²) in [7, 11) is 0. The fourth-order valence-electron chi connectivity index (χ4n) is 3.64. The largest absolute Gasteiger partial charge is 0.479 e. The van der Waals surface area contributed by atoms with E-state index in [1.165, 1.54) is 31.2 Å². The van der Waals surface area contributed by atoms with E-state index in [-0.39, 0.29) is 0 Å². The van der Waals surface area contributed by atoms with Gasteiger partial charge in [-0.2, -0.15) is 4.37 Å². The first-order valence-corrected chi connectivity index (χ1v) is 10.6. The van der Waals surface area contributed by atoms with Crippen LogP contribution in [0.3, 0.4) is 0 Å². The van der Waals surface area contributed by atoms with Gasteiger partial charge in [-0.05, 0) is 31.0 Å². The number of aliphatic hydroxyl groups is 2. The van der Waals surface area contributed by atoms with Gasteiger partial charge in [-0.15, -0.1) is 4.37 Å². The number of carbonyl (C=O) groups is 2. The lowest BCUT2D eigenvalue weighted by Crippen LogP contribution is -2.39. The number of aliphatic hydroxyl groups excluding tert-OH is 2. The molecule has 0 amide bonds. The summed E-state index contributed by atoms with van der Waals surface area (Å²) in [6, 6.07) is 9.94. The quantitative estimate of drug-likeness (QED) is 0.441. The Labute approximate surface area is 188 Å². The minimum atomic E-state index is -2.27. The molecule has 1 aromatic carbocycles. The molecule has 0 saturated carbocycles. The molecular weight excluding hydrogens is 438 g/mol. The van der Waals surface area contributed by atoms with E-state index in [0.717, 1.165) is 23.7 Å². The summed E-state index contributed by atoms with van der Waals surface area (Å²) in [6.45, 7) is 3.89. The van der Waals surface area contributed by atoms with E-state index >= 15 is 0 Å². The first kappa shape index (κ1) is 23.6. The van der Waals surface area contributed by atoms with Gasteiger partial charge in [-0.3, -0.25) is 0 Å². The van der Waals surface area contributed by atoms with Gasteiger partial charge in [0.1, 0.15) is 5.69 Å². The summed E-state index contributed by atoms with van der Waals surface area (Å²) in [5.41, 5.74) is 2.04. The van der Waals surface area contributed by atoms with Gasteiger partial charge in [-0.1, -0.05) is 30.0 Å². The Morgan fingerprint density at radius 1 is 1.12 bits per heavy atom. The van der Waals surface area contributed by atoms with E-state index in [9.17, 15) is 9.59 Å². The maximum atomic E-state index is 9.77. The molecule has 1 aromatic heterocycles. The van der Waals surface area contributed by atoms with Crippen LogP contribution >= 0.6 is 11.7 Å². The molecule has 11 heteroatoms. The lowest BCUT2D eigenvalue weighted by Gasteiger charge is -2.20. The third-order valence-electron chi connectivity index (χ3n) is 5.26. The van der Waals surface area contributed by atoms with Gasteiger partial charge < -0.3 is 30.1 Å². The highest BCUT2D eigenvalue weighted by atomic mass is 32.1. The van der Waals surface area contributed by atoms with Crippen molar-refractivity contribution in [2.75, 3.05) is 26.2 Å². The lowest BCUT2D eigenvalue weighted by molar-refractivity contribution is -0.165. The molecule has 5 atom stereocenters. The third-order valence-corrected chi connectivity index (χ3v) is 5.78. The molecule has 0 spiro atoms. The molecule has 2 aromatic rings. The number of rotatable bonds is 6. The van der Waals surface area contributed by atoms with Gasteiger partial charge in [0.15, 0.2) is 18.8 Å². The minimum absolute atomic E-state index is 0.356. The summed E-state index contributed by atoms with van der Waals surface area (Å²) < 4.78 is 14.6. The summed E-state index contributed by atoms with van der Waals surface area (Å²) in [4.78, 5) is 22.1. The second kappa shape index (κ2) is 11.0. The number of carboxylic acids is 2. The number of fused-ring (bicyclic) bond motifs is 2. The van der Waals surface area contributed by atoms with Crippen molar-refractivity contribution in [1.82, 2.24) is 13.6 Å². The molecule has 0 aliphatic carbocycles. The Balaban J connectivity index is 0.000000247. The van der Waals surface area contributed by atoms with Crippen molar-refractivity contribution in [3.8, 4) is 17.7 Å². The van der Waals surface area contributed by atoms with Crippen LogP contribution in [0.2, 0.25) is 0 Å². The molecule has 2 aliphatic rings. The maximum absolute atomic E-state index is 9.77. The number of nitrogens with zero attached hydrogens (tertiary/aromatic N) is 3. The van der Waals surface area contributed by atoms with Crippen molar-refractivity contribution in [2.45, 2.75) is 24.5 Å². The lowest BCUT2D eigenvalue weighted by atomic mass is 9.90. The SMILES string of the molecule is C(#Cc1ccccc1)COc1nsnc1C1CN2CCC1C2.O=C(O)C(O)C(O)C(=O)O. The number of aliphatic carboxylic acids is 2. The van der Waals surface area contributed by atoms with E-state index in [0.29, 0.717) is 18.4 Å². The molecule has 170 valence electrons. The highest BCUT2D eigenvalue weighted by Gasteiger charge is 2.41. The fraction of sp³-hybridized carbons (Fsp3) is 0.429. The van der Waals surface area contributed by atoms with Crippen LogP contribution in [0.25, 0.3) is 0 Å².